The van der Waals surface area contributed by atoms with E-state index in [0.29, 0.717) is 6.04 Å². The van der Waals surface area contributed by atoms with Crippen LogP contribution >= 0.6 is 0 Å². The number of guanidine groups is 1. The van der Waals surface area contributed by atoms with Crippen LogP contribution in [0.1, 0.15) is 32.6 Å². The summed E-state index contributed by atoms with van der Waals surface area (Å²) in [5.74, 6) is 0.945. The zero-order valence-corrected chi connectivity index (χ0v) is 15.9. The summed E-state index contributed by atoms with van der Waals surface area (Å²) in [6.07, 6.45) is 6.68. The molecule has 0 radical (unpaired) electrons. The molecular formula is C21H32N4O. The fourth-order valence-corrected chi connectivity index (χ4v) is 3.59. The molecule has 3 rings (SSSR count). The van der Waals surface area contributed by atoms with Gasteiger partial charge in [-0.05, 0) is 44.7 Å². The molecule has 0 aliphatic carbocycles. The minimum atomic E-state index is 0.434. The Hall–Kier alpha value is -2.01. The second-order valence-electron chi connectivity index (χ2n) is 6.96. The van der Waals surface area contributed by atoms with Crippen molar-refractivity contribution >= 4 is 11.6 Å². The molecule has 2 aliphatic rings. The van der Waals surface area contributed by atoms with Crippen molar-refractivity contribution in [1.29, 1.82) is 0 Å². The van der Waals surface area contributed by atoms with Crippen LogP contribution in [0.25, 0.3) is 0 Å². The van der Waals surface area contributed by atoms with Crippen LogP contribution in [0.2, 0.25) is 0 Å². The topological polar surface area (TPSA) is 48.9 Å². The van der Waals surface area contributed by atoms with E-state index in [4.69, 9.17) is 9.73 Å². The summed E-state index contributed by atoms with van der Waals surface area (Å²) in [5, 5.41) is 7.05. The van der Waals surface area contributed by atoms with Crippen molar-refractivity contribution < 1.29 is 4.74 Å². The number of hydrogen-bond acceptors (Lipinski definition) is 3. The molecule has 0 aromatic heterocycles. The van der Waals surface area contributed by atoms with Gasteiger partial charge < -0.3 is 20.3 Å². The Balaban J connectivity index is 1.53. The molecule has 142 valence electrons. The Morgan fingerprint density at radius 1 is 1.31 bits per heavy atom. The summed E-state index contributed by atoms with van der Waals surface area (Å²) >= 11 is 0. The van der Waals surface area contributed by atoms with E-state index >= 15 is 0 Å². The van der Waals surface area contributed by atoms with Crippen molar-refractivity contribution in [3.05, 3.63) is 42.0 Å². The lowest BCUT2D eigenvalue weighted by Crippen LogP contribution is -2.51. The molecule has 1 fully saturated rings. The maximum Gasteiger partial charge on any atom is 0.191 e. The predicted molar refractivity (Wildman–Crippen MR) is 109 cm³/mol. The average Bonchev–Trinajstić information content (AvgIpc) is 2.70. The summed E-state index contributed by atoms with van der Waals surface area (Å²) in [4.78, 5) is 7.26. The van der Waals surface area contributed by atoms with E-state index in [0.717, 1.165) is 58.2 Å². The van der Waals surface area contributed by atoms with Crippen LogP contribution < -0.4 is 15.5 Å². The number of aliphatic imine (C=N–C) groups is 1. The Morgan fingerprint density at radius 3 is 2.96 bits per heavy atom. The third kappa shape index (κ3) is 5.77. The van der Waals surface area contributed by atoms with E-state index in [1.165, 1.54) is 24.1 Å². The van der Waals surface area contributed by atoms with Crippen LogP contribution in [0.15, 0.2) is 47.0 Å². The monoisotopic (exact) mass is 356 g/mol. The summed E-state index contributed by atoms with van der Waals surface area (Å²) in [6.45, 7) is 7.60. The molecule has 0 bridgehead atoms. The summed E-state index contributed by atoms with van der Waals surface area (Å²) < 4.78 is 5.37. The number of nitrogens with zero attached hydrogens (tertiary/aromatic N) is 2. The molecule has 5 heteroatoms. The molecule has 2 aliphatic heterocycles. The van der Waals surface area contributed by atoms with Gasteiger partial charge in [-0.15, -0.1) is 0 Å². The van der Waals surface area contributed by atoms with Crippen molar-refractivity contribution in [3.63, 3.8) is 0 Å². The quantitative estimate of drug-likeness (QED) is 0.467. The second-order valence-corrected chi connectivity index (χ2v) is 6.96. The van der Waals surface area contributed by atoms with Crippen molar-refractivity contribution in [2.45, 2.75) is 38.6 Å². The number of hydrogen-bond donors (Lipinski definition) is 2. The van der Waals surface area contributed by atoms with Gasteiger partial charge in [0.25, 0.3) is 0 Å². The van der Waals surface area contributed by atoms with Gasteiger partial charge in [0, 0.05) is 37.9 Å². The van der Waals surface area contributed by atoms with Crippen LogP contribution in [0.5, 0.6) is 0 Å². The minimum Gasteiger partial charge on any atom is -0.377 e. The zero-order valence-electron chi connectivity index (χ0n) is 15.9. The van der Waals surface area contributed by atoms with Crippen LogP contribution in [0, 0.1) is 0 Å². The van der Waals surface area contributed by atoms with Crippen LogP contribution in [-0.2, 0) is 4.74 Å². The van der Waals surface area contributed by atoms with Gasteiger partial charge in [-0.2, -0.15) is 0 Å². The molecule has 5 nitrogen and oxygen atoms in total. The summed E-state index contributed by atoms with van der Waals surface area (Å²) in [7, 11) is 0. The van der Waals surface area contributed by atoms with Gasteiger partial charge in [0.15, 0.2) is 5.96 Å². The van der Waals surface area contributed by atoms with E-state index in [-0.39, 0.29) is 0 Å². The SMILES string of the molecule is CCNC(=NCCC1=CCOCC1)NC1CCCN(c2ccccc2)C1. The molecule has 0 amide bonds. The number of nitrogens with one attached hydrogen (secondary N) is 2. The Bertz CT molecular complexity index is 599. The number of piperidine rings is 1. The van der Waals surface area contributed by atoms with E-state index in [1.807, 2.05) is 0 Å². The number of ether oxygens (including phenoxy) is 1. The van der Waals surface area contributed by atoms with Crippen molar-refractivity contribution in [2.24, 2.45) is 4.99 Å². The fraction of sp³-hybridized carbons (Fsp3) is 0.571. The van der Waals surface area contributed by atoms with Crippen molar-refractivity contribution in [2.75, 3.05) is 44.3 Å². The maximum atomic E-state index is 5.37. The highest BCUT2D eigenvalue weighted by Gasteiger charge is 2.20. The fourth-order valence-electron chi connectivity index (χ4n) is 3.59. The molecule has 1 saturated heterocycles. The summed E-state index contributed by atoms with van der Waals surface area (Å²) in [5.41, 5.74) is 2.79. The van der Waals surface area contributed by atoms with E-state index in [9.17, 15) is 0 Å². The van der Waals surface area contributed by atoms with Gasteiger partial charge in [0.2, 0.25) is 0 Å². The lowest BCUT2D eigenvalue weighted by atomic mass is 10.0. The average molecular weight is 357 g/mol. The Morgan fingerprint density at radius 2 is 2.19 bits per heavy atom. The predicted octanol–water partition coefficient (Wildman–Crippen LogP) is 2.95. The van der Waals surface area contributed by atoms with Gasteiger partial charge >= 0.3 is 0 Å². The minimum absolute atomic E-state index is 0.434. The Kier molecular flexibility index (Phi) is 7.37. The normalized spacial score (nSPS) is 21.3. The van der Waals surface area contributed by atoms with E-state index in [1.54, 1.807) is 0 Å². The molecule has 0 saturated carbocycles. The van der Waals surface area contributed by atoms with Crippen molar-refractivity contribution in [1.82, 2.24) is 10.6 Å². The largest absolute Gasteiger partial charge is 0.377 e. The van der Waals surface area contributed by atoms with Crippen LogP contribution in [0.3, 0.4) is 0 Å². The highest BCUT2D eigenvalue weighted by molar-refractivity contribution is 5.80. The van der Waals surface area contributed by atoms with Gasteiger partial charge in [-0.1, -0.05) is 29.8 Å². The molecule has 1 atom stereocenters. The van der Waals surface area contributed by atoms with Crippen molar-refractivity contribution in [3.8, 4) is 0 Å². The summed E-state index contributed by atoms with van der Waals surface area (Å²) in [6, 6.07) is 11.1. The number of rotatable bonds is 6. The lowest BCUT2D eigenvalue weighted by Gasteiger charge is -2.35. The number of anilines is 1. The molecule has 2 N–H and O–H groups in total. The van der Waals surface area contributed by atoms with Crippen LogP contribution in [0.4, 0.5) is 5.69 Å². The third-order valence-corrected chi connectivity index (χ3v) is 4.99. The number of para-hydroxylation sites is 1. The van der Waals surface area contributed by atoms with E-state index in [2.05, 4.69) is 58.9 Å². The molecule has 1 aromatic carbocycles. The highest BCUT2D eigenvalue weighted by atomic mass is 16.5. The van der Waals surface area contributed by atoms with Gasteiger partial charge in [-0.25, -0.2) is 0 Å². The molecular weight excluding hydrogens is 324 g/mol. The second kappa shape index (κ2) is 10.2. The molecule has 1 unspecified atom stereocenters. The van der Waals surface area contributed by atoms with Gasteiger partial charge in [-0.3, -0.25) is 4.99 Å². The zero-order chi connectivity index (χ0) is 18.0. The first kappa shape index (κ1) is 18.8. The molecule has 26 heavy (non-hydrogen) atoms. The van der Waals surface area contributed by atoms with Gasteiger partial charge in [0.05, 0.1) is 13.2 Å². The molecule has 1 aromatic rings. The smallest absolute Gasteiger partial charge is 0.191 e. The first-order chi connectivity index (χ1) is 12.8. The maximum absolute atomic E-state index is 5.37. The molecule has 0 spiro atoms. The Labute approximate surface area is 157 Å². The first-order valence-corrected chi connectivity index (χ1v) is 9.95. The van der Waals surface area contributed by atoms with Crippen LogP contribution in [-0.4, -0.2) is 51.4 Å². The third-order valence-electron chi connectivity index (χ3n) is 4.99. The first-order valence-electron chi connectivity index (χ1n) is 9.95. The van der Waals surface area contributed by atoms with Gasteiger partial charge in [0.1, 0.15) is 0 Å². The lowest BCUT2D eigenvalue weighted by molar-refractivity contribution is 0.153. The standard InChI is InChI=1S/C21H32N4O/c1-2-22-21(23-13-10-18-11-15-26-16-12-18)24-19-7-6-14-25(17-19)20-8-4-3-5-9-20/h3-5,8-9,11,19H,2,6-7,10,12-17H2,1H3,(H2,22,23,24). The highest BCUT2D eigenvalue weighted by Crippen LogP contribution is 2.19. The van der Waals surface area contributed by atoms with E-state index < -0.39 is 0 Å². The molecule has 2 heterocycles. The number of benzene rings is 1.